The molecule has 1 aromatic heterocycles. The number of ether oxygens (including phenoxy) is 1. The number of carbonyl (C=O) groups excluding carboxylic acids is 1. The van der Waals surface area contributed by atoms with E-state index in [-0.39, 0.29) is 18.7 Å². The zero-order chi connectivity index (χ0) is 14.7. The van der Waals surface area contributed by atoms with Gasteiger partial charge in [-0.15, -0.1) is 10.2 Å². The van der Waals surface area contributed by atoms with Crippen molar-refractivity contribution in [2.24, 2.45) is 0 Å². The fraction of sp³-hybridized carbons (Fsp3) is 0.727. The van der Waals surface area contributed by atoms with Gasteiger partial charge in [0, 0.05) is 12.5 Å². The van der Waals surface area contributed by atoms with E-state index >= 15 is 0 Å². The number of rotatable bonds is 4. The minimum atomic E-state index is -0.713. The quantitative estimate of drug-likeness (QED) is 0.633. The Bertz CT molecular complexity index is 467. The summed E-state index contributed by atoms with van der Waals surface area (Å²) in [6.07, 6.45) is -1.35. The van der Waals surface area contributed by atoms with Gasteiger partial charge in [0.15, 0.2) is 0 Å². The van der Waals surface area contributed by atoms with Gasteiger partial charge in [0.1, 0.15) is 17.2 Å². The minimum Gasteiger partial charge on any atom is -0.394 e. The zero-order valence-corrected chi connectivity index (χ0v) is 12.1. The van der Waals surface area contributed by atoms with E-state index in [2.05, 4.69) is 20.8 Å². The van der Waals surface area contributed by atoms with Gasteiger partial charge >= 0.3 is 6.03 Å². The maximum atomic E-state index is 11.5. The fourth-order valence-electron chi connectivity index (χ4n) is 1.86. The number of aliphatic hydroxyl groups is 2. The standard InChI is InChI=1S/C11H18N4O4S/c1-5(2)12-10(18)13-11-15-14-9(20-11)7-3-6(17)8(4-16)19-7/h5-8,16-17H,3-4H2,1-2H3,(H2,12,13,15,18)/t6-,7-,8+/m0/s1. The molecular weight excluding hydrogens is 284 g/mol. The molecule has 1 aliphatic rings. The van der Waals surface area contributed by atoms with Crippen LogP contribution in [0.4, 0.5) is 9.93 Å². The molecule has 9 heteroatoms. The number of aromatic nitrogens is 2. The Morgan fingerprint density at radius 2 is 2.30 bits per heavy atom. The molecule has 3 atom stereocenters. The van der Waals surface area contributed by atoms with Crippen molar-refractivity contribution in [1.29, 1.82) is 0 Å². The highest BCUT2D eigenvalue weighted by Gasteiger charge is 2.36. The maximum Gasteiger partial charge on any atom is 0.321 e. The van der Waals surface area contributed by atoms with Crippen LogP contribution in [-0.2, 0) is 4.74 Å². The van der Waals surface area contributed by atoms with E-state index in [4.69, 9.17) is 9.84 Å². The number of nitrogens with one attached hydrogen (secondary N) is 2. The summed E-state index contributed by atoms with van der Waals surface area (Å²) in [6, 6.07) is -0.315. The largest absolute Gasteiger partial charge is 0.394 e. The first-order valence-electron chi connectivity index (χ1n) is 6.35. The van der Waals surface area contributed by atoms with Crippen molar-refractivity contribution >= 4 is 22.5 Å². The maximum absolute atomic E-state index is 11.5. The molecule has 0 radical (unpaired) electrons. The number of urea groups is 1. The molecule has 20 heavy (non-hydrogen) atoms. The molecule has 2 heterocycles. The summed E-state index contributed by atoms with van der Waals surface area (Å²) in [5, 5.41) is 32.7. The second-order valence-corrected chi connectivity index (χ2v) is 5.86. The van der Waals surface area contributed by atoms with Crippen LogP contribution in [0.3, 0.4) is 0 Å². The summed E-state index contributed by atoms with van der Waals surface area (Å²) in [4.78, 5) is 11.5. The lowest BCUT2D eigenvalue weighted by Crippen LogP contribution is -2.34. The second kappa shape index (κ2) is 6.44. The molecule has 2 amide bonds. The van der Waals surface area contributed by atoms with Crippen LogP contribution < -0.4 is 10.6 Å². The van der Waals surface area contributed by atoms with Crippen molar-refractivity contribution in [1.82, 2.24) is 15.5 Å². The highest BCUT2D eigenvalue weighted by atomic mass is 32.1. The number of hydrogen-bond donors (Lipinski definition) is 4. The second-order valence-electron chi connectivity index (χ2n) is 4.85. The average molecular weight is 302 g/mol. The number of amides is 2. The SMILES string of the molecule is CC(C)NC(=O)Nc1nnc([C@@H]2C[C@H](O)[C@@H](CO)O2)s1. The van der Waals surface area contributed by atoms with Crippen LogP contribution in [-0.4, -0.2) is 51.3 Å². The summed E-state index contributed by atoms with van der Waals surface area (Å²) in [5.74, 6) is 0. The first-order valence-corrected chi connectivity index (χ1v) is 7.16. The molecule has 112 valence electrons. The Morgan fingerprint density at radius 1 is 1.55 bits per heavy atom. The Kier molecular flexibility index (Phi) is 4.86. The molecule has 0 saturated carbocycles. The number of anilines is 1. The van der Waals surface area contributed by atoms with Crippen LogP contribution in [0.2, 0.25) is 0 Å². The van der Waals surface area contributed by atoms with Gasteiger partial charge < -0.3 is 20.3 Å². The molecule has 2 rings (SSSR count). The number of aliphatic hydroxyl groups excluding tert-OH is 2. The number of hydrogen-bond acceptors (Lipinski definition) is 7. The lowest BCUT2D eigenvalue weighted by atomic mass is 10.1. The lowest BCUT2D eigenvalue weighted by Gasteiger charge is -2.09. The van der Waals surface area contributed by atoms with Crippen molar-refractivity contribution in [2.75, 3.05) is 11.9 Å². The van der Waals surface area contributed by atoms with Gasteiger partial charge in [0.25, 0.3) is 0 Å². The van der Waals surface area contributed by atoms with E-state index in [0.717, 1.165) is 0 Å². The summed E-state index contributed by atoms with van der Waals surface area (Å²) >= 11 is 1.19. The van der Waals surface area contributed by atoms with Gasteiger partial charge in [-0.1, -0.05) is 11.3 Å². The minimum absolute atomic E-state index is 0.0287. The van der Waals surface area contributed by atoms with Crippen molar-refractivity contribution in [3.8, 4) is 0 Å². The van der Waals surface area contributed by atoms with E-state index in [1.54, 1.807) is 0 Å². The third-order valence-corrected chi connectivity index (χ3v) is 3.69. The van der Waals surface area contributed by atoms with E-state index < -0.39 is 18.3 Å². The predicted molar refractivity (Wildman–Crippen MR) is 72.5 cm³/mol. The molecule has 0 spiro atoms. The summed E-state index contributed by atoms with van der Waals surface area (Å²) < 4.78 is 5.47. The Morgan fingerprint density at radius 3 is 2.90 bits per heavy atom. The van der Waals surface area contributed by atoms with E-state index in [1.807, 2.05) is 13.8 Å². The topological polar surface area (TPSA) is 117 Å². The van der Waals surface area contributed by atoms with Gasteiger partial charge in [0.05, 0.1) is 12.7 Å². The molecule has 1 aromatic rings. The Balaban J connectivity index is 1.94. The van der Waals surface area contributed by atoms with Gasteiger partial charge in [-0.05, 0) is 13.8 Å². The highest BCUT2D eigenvalue weighted by Crippen LogP contribution is 2.35. The van der Waals surface area contributed by atoms with Crippen LogP contribution in [0.25, 0.3) is 0 Å². The fourth-order valence-corrected chi connectivity index (χ4v) is 2.65. The summed E-state index contributed by atoms with van der Waals surface area (Å²) in [6.45, 7) is 3.47. The van der Waals surface area contributed by atoms with Gasteiger partial charge in [-0.25, -0.2) is 4.79 Å². The third-order valence-electron chi connectivity index (χ3n) is 2.76. The van der Waals surface area contributed by atoms with Gasteiger partial charge in [0.2, 0.25) is 5.13 Å². The van der Waals surface area contributed by atoms with Crippen LogP contribution in [0.1, 0.15) is 31.4 Å². The number of nitrogens with zero attached hydrogens (tertiary/aromatic N) is 2. The van der Waals surface area contributed by atoms with E-state index in [0.29, 0.717) is 16.6 Å². The molecule has 4 N–H and O–H groups in total. The molecule has 1 aliphatic heterocycles. The smallest absolute Gasteiger partial charge is 0.321 e. The molecule has 0 bridgehead atoms. The first-order chi connectivity index (χ1) is 9.49. The summed E-state index contributed by atoms with van der Waals surface area (Å²) in [5.41, 5.74) is 0. The van der Waals surface area contributed by atoms with Crippen molar-refractivity contribution < 1.29 is 19.7 Å². The number of carbonyl (C=O) groups is 1. The molecule has 1 saturated heterocycles. The third kappa shape index (κ3) is 3.63. The van der Waals surface area contributed by atoms with Gasteiger partial charge in [-0.2, -0.15) is 0 Å². The first kappa shape index (κ1) is 15.1. The molecule has 0 aliphatic carbocycles. The molecule has 1 fully saturated rings. The molecule has 0 unspecified atom stereocenters. The van der Waals surface area contributed by atoms with Crippen LogP contribution in [0.5, 0.6) is 0 Å². The summed E-state index contributed by atoms with van der Waals surface area (Å²) in [7, 11) is 0. The lowest BCUT2D eigenvalue weighted by molar-refractivity contribution is -0.0227. The Hall–Kier alpha value is -1.29. The van der Waals surface area contributed by atoms with E-state index in [9.17, 15) is 9.90 Å². The van der Waals surface area contributed by atoms with Crippen LogP contribution >= 0.6 is 11.3 Å². The van der Waals surface area contributed by atoms with Crippen molar-refractivity contribution in [3.63, 3.8) is 0 Å². The van der Waals surface area contributed by atoms with Crippen molar-refractivity contribution in [3.05, 3.63) is 5.01 Å². The van der Waals surface area contributed by atoms with Gasteiger partial charge in [-0.3, -0.25) is 5.32 Å². The Labute approximate surface area is 120 Å². The average Bonchev–Trinajstić information content (AvgIpc) is 2.94. The van der Waals surface area contributed by atoms with Crippen LogP contribution in [0, 0.1) is 0 Å². The molecular formula is C11H18N4O4S. The van der Waals surface area contributed by atoms with E-state index in [1.165, 1.54) is 11.3 Å². The zero-order valence-electron chi connectivity index (χ0n) is 11.2. The van der Waals surface area contributed by atoms with Crippen molar-refractivity contribution in [2.45, 2.75) is 44.6 Å². The molecule has 8 nitrogen and oxygen atoms in total. The monoisotopic (exact) mass is 302 g/mol. The molecule has 0 aromatic carbocycles. The predicted octanol–water partition coefficient (Wildman–Crippen LogP) is 0.251. The normalized spacial score (nSPS) is 25.9. The highest BCUT2D eigenvalue weighted by molar-refractivity contribution is 7.15. The van der Waals surface area contributed by atoms with Crippen LogP contribution in [0.15, 0.2) is 0 Å².